The molecule has 0 saturated heterocycles. The Morgan fingerprint density at radius 2 is 1.70 bits per heavy atom. The lowest BCUT2D eigenvalue weighted by atomic mass is 10.1. The van der Waals surface area contributed by atoms with Crippen LogP contribution in [0.3, 0.4) is 0 Å². The van der Waals surface area contributed by atoms with Crippen LogP contribution in [0.4, 0.5) is 5.69 Å². The maximum Gasteiger partial charge on any atom is 0.145 e. The van der Waals surface area contributed by atoms with Gasteiger partial charge >= 0.3 is 0 Å². The molecule has 20 heavy (non-hydrogen) atoms. The molecular weight excluding hydrogens is 252 g/mol. The zero-order valence-electron chi connectivity index (χ0n) is 12.6. The molecule has 0 atom stereocenters. The van der Waals surface area contributed by atoms with E-state index in [1.165, 1.54) is 0 Å². The van der Waals surface area contributed by atoms with Gasteiger partial charge in [-0.25, -0.2) is 4.98 Å². The van der Waals surface area contributed by atoms with Crippen LogP contribution in [0.25, 0.3) is 10.9 Å². The zero-order valence-corrected chi connectivity index (χ0v) is 12.6. The molecule has 0 saturated carbocycles. The van der Waals surface area contributed by atoms with Crippen molar-refractivity contribution >= 4 is 16.6 Å². The average molecular weight is 274 g/mol. The van der Waals surface area contributed by atoms with Crippen molar-refractivity contribution in [2.24, 2.45) is 0 Å². The third-order valence-corrected chi connectivity index (χ3v) is 2.98. The van der Waals surface area contributed by atoms with Gasteiger partial charge in [0.1, 0.15) is 17.0 Å². The highest BCUT2D eigenvalue weighted by molar-refractivity contribution is 6.00. The van der Waals surface area contributed by atoms with Crippen molar-refractivity contribution in [3.63, 3.8) is 0 Å². The Bertz CT molecular complexity index is 597. The lowest BCUT2D eigenvalue weighted by Gasteiger charge is -2.16. The monoisotopic (exact) mass is 274 g/mol. The van der Waals surface area contributed by atoms with E-state index in [0.29, 0.717) is 13.2 Å². The number of aromatic nitrogens is 1. The highest BCUT2D eigenvalue weighted by atomic mass is 16.5. The van der Waals surface area contributed by atoms with E-state index in [4.69, 9.17) is 9.47 Å². The van der Waals surface area contributed by atoms with Crippen LogP contribution >= 0.6 is 0 Å². The maximum atomic E-state index is 5.74. The highest BCUT2D eigenvalue weighted by Crippen LogP contribution is 2.37. The van der Waals surface area contributed by atoms with Crippen molar-refractivity contribution in [1.82, 2.24) is 4.98 Å². The number of aryl methyl sites for hydroxylation is 1. The Morgan fingerprint density at radius 1 is 1.05 bits per heavy atom. The molecule has 0 bridgehead atoms. The van der Waals surface area contributed by atoms with Crippen molar-refractivity contribution in [1.29, 1.82) is 0 Å². The van der Waals surface area contributed by atoms with Crippen LogP contribution in [-0.4, -0.2) is 24.7 Å². The third-order valence-electron chi connectivity index (χ3n) is 2.98. The fourth-order valence-electron chi connectivity index (χ4n) is 2.29. The second kappa shape index (κ2) is 6.46. The summed E-state index contributed by atoms with van der Waals surface area (Å²) in [5, 5.41) is 4.37. The molecule has 1 N–H and O–H groups in total. The summed E-state index contributed by atoms with van der Waals surface area (Å²) in [4.78, 5) is 4.64. The second-order valence-corrected chi connectivity index (χ2v) is 4.49. The van der Waals surface area contributed by atoms with E-state index in [1.807, 2.05) is 39.0 Å². The Labute approximate surface area is 120 Å². The van der Waals surface area contributed by atoms with E-state index in [2.05, 4.69) is 17.2 Å². The van der Waals surface area contributed by atoms with Gasteiger partial charge in [-0.15, -0.1) is 0 Å². The molecule has 0 aliphatic rings. The maximum absolute atomic E-state index is 5.74. The fraction of sp³-hybridized carbons (Fsp3) is 0.438. The molecule has 0 amide bonds. The predicted octanol–water partition coefficient (Wildman–Crippen LogP) is 3.77. The smallest absolute Gasteiger partial charge is 0.145 e. The minimum atomic E-state index is 0.620. The number of benzene rings is 1. The molecule has 0 unspecified atom stereocenters. The van der Waals surface area contributed by atoms with Gasteiger partial charge in [0.25, 0.3) is 0 Å². The lowest BCUT2D eigenvalue weighted by molar-refractivity contribution is 0.336. The van der Waals surface area contributed by atoms with Gasteiger partial charge in [-0.2, -0.15) is 0 Å². The van der Waals surface area contributed by atoms with Crippen LogP contribution in [0.15, 0.2) is 18.2 Å². The number of hydrogen-bond donors (Lipinski definition) is 1. The molecule has 4 nitrogen and oxygen atoms in total. The zero-order chi connectivity index (χ0) is 14.5. The molecule has 1 heterocycles. The van der Waals surface area contributed by atoms with E-state index in [0.717, 1.165) is 40.3 Å². The van der Waals surface area contributed by atoms with Crippen molar-refractivity contribution < 1.29 is 9.47 Å². The van der Waals surface area contributed by atoms with Gasteiger partial charge in [-0.1, -0.05) is 0 Å². The molecule has 4 heteroatoms. The number of nitrogens with zero attached hydrogens (tertiary/aromatic N) is 1. The van der Waals surface area contributed by atoms with E-state index < -0.39 is 0 Å². The summed E-state index contributed by atoms with van der Waals surface area (Å²) >= 11 is 0. The first-order valence-electron chi connectivity index (χ1n) is 7.15. The molecule has 1 aromatic heterocycles. The molecule has 1 aromatic carbocycles. The largest absolute Gasteiger partial charge is 0.493 e. The number of rotatable bonds is 6. The number of anilines is 1. The first kappa shape index (κ1) is 14.4. The summed E-state index contributed by atoms with van der Waals surface area (Å²) in [7, 11) is 0. The molecule has 0 aliphatic carbocycles. The lowest BCUT2D eigenvalue weighted by Crippen LogP contribution is -2.03. The minimum absolute atomic E-state index is 0.620. The molecule has 0 fully saturated rings. The number of fused-ring (bicyclic) bond motifs is 1. The number of nitrogens with one attached hydrogen (secondary N) is 1. The molecule has 108 valence electrons. The van der Waals surface area contributed by atoms with Crippen LogP contribution < -0.4 is 14.8 Å². The van der Waals surface area contributed by atoms with Gasteiger partial charge in [-0.3, -0.25) is 0 Å². The number of ether oxygens (including phenoxy) is 2. The van der Waals surface area contributed by atoms with E-state index in [9.17, 15) is 0 Å². The molecule has 0 radical (unpaired) electrons. The Morgan fingerprint density at radius 3 is 2.35 bits per heavy atom. The van der Waals surface area contributed by atoms with Gasteiger partial charge in [0.05, 0.1) is 18.6 Å². The predicted molar refractivity (Wildman–Crippen MR) is 83.0 cm³/mol. The highest BCUT2D eigenvalue weighted by Gasteiger charge is 2.14. The van der Waals surface area contributed by atoms with Gasteiger partial charge in [0, 0.05) is 17.9 Å². The number of pyridine rings is 1. The Kier molecular flexibility index (Phi) is 4.66. The number of hydrogen-bond acceptors (Lipinski definition) is 4. The van der Waals surface area contributed by atoms with Crippen LogP contribution in [0.2, 0.25) is 0 Å². The normalized spacial score (nSPS) is 10.6. The SMILES string of the molecule is CCNc1cc(C)nc2c(OCC)ccc(OCC)c12. The fourth-order valence-corrected chi connectivity index (χ4v) is 2.29. The standard InChI is InChI=1S/C16H22N2O2/c1-5-17-12-10-11(4)18-16-14(20-7-3)9-8-13(15(12)16)19-6-2/h8-10H,5-7H2,1-4H3,(H,17,18). The summed E-state index contributed by atoms with van der Waals surface area (Å²) in [5.41, 5.74) is 2.86. The molecule has 2 aromatic rings. The topological polar surface area (TPSA) is 43.4 Å². The quantitative estimate of drug-likeness (QED) is 0.870. The van der Waals surface area contributed by atoms with E-state index in [-0.39, 0.29) is 0 Å². The molecule has 2 rings (SSSR count). The Hall–Kier alpha value is -1.97. The summed E-state index contributed by atoms with van der Waals surface area (Å²) in [6.45, 7) is 10.1. The summed E-state index contributed by atoms with van der Waals surface area (Å²) in [6.07, 6.45) is 0. The average Bonchev–Trinajstić information content (AvgIpc) is 2.42. The van der Waals surface area contributed by atoms with Crippen molar-refractivity contribution in [3.8, 4) is 11.5 Å². The van der Waals surface area contributed by atoms with Crippen molar-refractivity contribution in [2.45, 2.75) is 27.7 Å². The van der Waals surface area contributed by atoms with Gasteiger partial charge in [0.2, 0.25) is 0 Å². The van der Waals surface area contributed by atoms with E-state index >= 15 is 0 Å². The summed E-state index contributed by atoms with van der Waals surface area (Å²) in [5.74, 6) is 1.64. The molecule has 0 spiro atoms. The van der Waals surface area contributed by atoms with Crippen molar-refractivity contribution in [3.05, 3.63) is 23.9 Å². The van der Waals surface area contributed by atoms with Crippen LogP contribution in [0.1, 0.15) is 26.5 Å². The first-order chi connectivity index (χ1) is 9.71. The van der Waals surface area contributed by atoms with Crippen LogP contribution in [0, 0.1) is 6.92 Å². The summed E-state index contributed by atoms with van der Waals surface area (Å²) < 4.78 is 11.4. The van der Waals surface area contributed by atoms with Gasteiger partial charge in [-0.05, 0) is 45.9 Å². The minimum Gasteiger partial charge on any atom is -0.493 e. The molecule has 0 aliphatic heterocycles. The second-order valence-electron chi connectivity index (χ2n) is 4.49. The van der Waals surface area contributed by atoms with Gasteiger partial charge in [0.15, 0.2) is 0 Å². The Balaban J connectivity index is 2.72. The summed E-state index contributed by atoms with van der Waals surface area (Å²) in [6, 6.07) is 5.93. The molecular formula is C16H22N2O2. The van der Waals surface area contributed by atoms with Crippen LogP contribution in [-0.2, 0) is 0 Å². The van der Waals surface area contributed by atoms with Gasteiger partial charge < -0.3 is 14.8 Å². The van der Waals surface area contributed by atoms with Crippen LogP contribution in [0.5, 0.6) is 11.5 Å². The van der Waals surface area contributed by atoms with Crippen molar-refractivity contribution in [2.75, 3.05) is 25.1 Å². The van der Waals surface area contributed by atoms with E-state index in [1.54, 1.807) is 0 Å². The third kappa shape index (κ3) is 2.79. The first-order valence-corrected chi connectivity index (χ1v) is 7.15.